The Bertz CT molecular complexity index is 1450. The Balaban J connectivity index is 0.00000112. The molecule has 3 aromatic carbocycles. The number of H-pyrrole nitrogens is 1. The number of rotatable bonds is 4. The lowest BCUT2D eigenvalue weighted by molar-refractivity contribution is 0.0959. The molecule has 2 aromatic heterocycles. The standard InChI is InChI=1S/C23H18BrN3O2.C2H6/c1-25-23(29)20-16(12-28)18-14-4-2-3-5-17(14)27(11-9-24)22(18)15-7-6-13-8-10-26-21(13)19(15)20;1-2/h2-8,10,12,26H,9,11H2,1H3,(H,25,29);1-2H3. The largest absolute Gasteiger partial charge is 0.361 e. The molecule has 0 fully saturated rings. The minimum Gasteiger partial charge on any atom is -0.361 e. The van der Waals surface area contributed by atoms with Crippen LogP contribution < -0.4 is 5.32 Å². The number of nitrogens with one attached hydrogen (secondary N) is 2. The maximum Gasteiger partial charge on any atom is 0.252 e. The van der Waals surface area contributed by atoms with Gasteiger partial charge in [0.25, 0.3) is 5.91 Å². The molecule has 2 heterocycles. The van der Waals surface area contributed by atoms with Crippen LogP contribution in [0, 0.1) is 0 Å². The molecule has 158 valence electrons. The van der Waals surface area contributed by atoms with Gasteiger partial charge in [-0.15, -0.1) is 0 Å². The molecule has 0 unspecified atom stereocenters. The van der Waals surface area contributed by atoms with Crippen molar-refractivity contribution in [1.82, 2.24) is 14.9 Å². The summed E-state index contributed by atoms with van der Waals surface area (Å²) < 4.78 is 2.23. The third kappa shape index (κ3) is 3.05. The Morgan fingerprint density at radius 3 is 2.58 bits per heavy atom. The van der Waals surface area contributed by atoms with Crippen LogP contribution in [0.25, 0.3) is 43.5 Å². The van der Waals surface area contributed by atoms with Crippen molar-refractivity contribution in [2.24, 2.45) is 0 Å². The van der Waals surface area contributed by atoms with Gasteiger partial charge in [-0.3, -0.25) is 9.59 Å². The van der Waals surface area contributed by atoms with E-state index in [2.05, 4.69) is 49.0 Å². The van der Waals surface area contributed by atoms with Gasteiger partial charge in [0.2, 0.25) is 0 Å². The molecule has 5 rings (SSSR count). The summed E-state index contributed by atoms with van der Waals surface area (Å²) in [7, 11) is 1.59. The first-order chi connectivity index (χ1) is 15.2. The number of hydrogen-bond acceptors (Lipinski definition) is 2. The summed E-state index contributed by atoms with van der Waals surface area (Å²) in [5, 5.41) is 8.04. The fourth-order valence-electron chi connectivity index (χ4n) is 4.50. The topological polar surface area (TPSA) is 66.9 Å². The third-order valence-corrected chi connectivity index (χ3v) is 5.98. The lowest BCUT2D eigenvalue weighted by atomic mass is 9.92. The Labute approximate surface area is 188 Å². The van der Waals surface area contributed by atoms with E-state index in [0.717, 1.165) is 61.6 Å². The van der Waals surface area contributed by atoms with Crippen molar-refractivity contribution in [3.05, 3.63) is 59.8 Å². The summed E-state index contributed by atoms with van der Waals surface area (Å²) >= 11 is 3.56. The number of benzene rings is 3. The molecule has 31 heavy (non-hydrogen) atoms. The number of carbonyl (C=O) groups excluding carboxylic acids is 2. The van der Waals surface area contributed by atoms with Crippen LogP contribution in [-0.2, 0) is 6.54 Å². The number of alkyl halides is 1. The molecule has 0 spiro atoms. The highest BCUT2D eigenvalue weighted by Crippen LogP contribution is 2.41. The van der Waals surface area contributed by atoms with Crippen molar-refractivity contribution in [2.45, 2.75) is 20.4 Å². The number of nitrogens with zero attached hydrogens (tertiary/aromatic N) is 1. The molecule has 0 aliphatic carbocycles. The van der Waals surface area contributed by atoms with E-state index in [0.29, 0.717) is 11.1 Å². The molecular weight excluding hydrogens is 454 g/mol. The minimum absolute atomic E-state index is 0.265. The predicted molar refractivity (Wildman–Crippen MR) is 133 cm³/mol. The van der Waals surface area contributed by atoms with Crippen molar-refractivity contribution in [3.8, 4) is 0 Å². The number of para-hydroxylation sites is 1. The van der Waals surface area contributed by atoms with Crippen molar-refractivity contribution in [1.29, 1.82) is 0 Å². The number of aryl methyl sites for hydroxylation is 1. The van der Waals surface area contributed by atoms with Gasteiger partial charge in [-0.2, -0.15) is 0 Å². The summed E-state index contributed by atoms with van der Waals surface area (Å²) in [6, 6.07) is 14.1. The van der Waals surface area contributed by atoms with Crippen LogP contribution in [0.1, 0.15) is 34.6 Å². The first kappa shape index (κ1) is 21.1. The molecule has 0 atom stereocenters. The lowest BCUT2D eigenvalue weighted by Crippen LogP contribution is -2.20. The predicted octanol–water partition coefficient (Wildman–Crippen LogP) is 6.02. The second-order valence-corrected chi connectivity index (χ2v) is 7.79. The average molecular weight is 478 g/mol. The Morgan fingerprint density at radius 2 is 1.87 bits per heavy atom. The molecule has 0 aliphatic rings. The molecule has 5 nitrogen and oxygen atoms in total. The SMILES string of the molecule is CC.CNC(=O)c1c(C=O)c2c3ccccc3n(CCBr)c2c2ccc3cc[nH]c3c12. The van der Waals surface area contributed by atoms with Gasteiger partial charge in [0, 0.05) is 63.1 Å². The van der Waals surface area contributed by atoms with E-state index in [9.17, 15) is 9.59 Å². The van der Waals surface area contributed by atoms with Gasteiger partial charge in [-0.25, -0.2) is 0 Å². The number of aldehydes is 1. The van der Waals surface area contributed by atoms with Crippen molar-refractivity contribution in [2.75, 3.05) is 12.4 Å². The fraction of sp³-hybridized carbons (Fsp3) is 0.200. The molecular formula is C25H24BrN3O2. The van der Waals surface area contributed by atoms with E-state index < -0.39 is 0 Å². The molecule has 1 amide bonds. The highest BCUT2D eigenvalue weighted by molar-refractivity contribution is 9.09. The zero-order valence-electron chi connectivity index (χ0n) is 17.8. The van der Waals surface area contributed by atoms with Crippen molar-refractivity contribution in [3.63, 3.8) is 0 Å². The second kappa shape index (κ2) is 8.55. The second-order valence-electron chi connectivity index (χ2n) is 7.00. The van der Waals surface area contributed by atoms with E-state index in [1.165, 1.54) is 0 Å². The van der Waals surface area contributed by atoms with Crippen molar-refractivity contribution >= 4 is 71.6 Å². The van der Waals surface area contributed by atoms with Gasteiger partial charge in [-0.05, 0) is 12.1 Å². The first-order valence-corrected chi connectivity index (χ1v) is 11.5. The normalized spacial score (nSPS) is 11.1. The fourth-order valence-corrected chi connectivity index (χ4v) is 4.85. The highest BCUT2D eigenvalue weighted by atomic mass is 79.9. The van der Waals surface area contributed by atoms with Gasteiger partial charge in [0.15, 0.2) is 6.29 Å². The van der Waals surface area contributed by atoms with E-state index in [1.54, 1.807) is 7.05 Å². The van der Waals surface area contributed by atoms with E-state index in [1.807, 2.05) is 44.3 Å². The first-order valence-electron chi connectivity index (χ1n) is 10.4. The maximum absolute atomic E-state index is 13.0. The highest BCUT2D eigenvalue weighted by Gasteiger charge is 2.25. The molecule has 0 saturated heterocycles. The van der Waals surface area contributed by atoms with E-state index in [4.69, 9.17) is 0 Å². The third-order valence-electron chi connectivity index (χ3n) is 5.62. The van der Waals surface area contributed by atoms with Gasteiger partial charge >= 0.3 is 0 Å². The molecule has 0 bridgehead atoms. The Morgan fingerprint density at radius 1 is 1.10 bits per heavy atom. The van der Waals surface area contributed by atoms with Gasteiger partial charge < -0.3 is 14.9 Å². The zero-order valence-corrected chi connectivity index (χ0v) is 19.3. The summed E-state index contributed by atoms with van der Waals surface area (Å²) in [6.07, 6.45) is 2.68. The zero-order chi connectivity index (χ0) is 22.1. The van der Waals surface area contributed by atoms with Gasteiger partial charge in [0.1, 0.15) is 0 Å². The quantitative estimate of drug-likeness (QED) is 0.245. The van der Waals surface area contributed by atoms with Crippen molar-refractivity contribution < 1.29 is 9.59 Å². The number of amides is 1. The summed E-state index contributed by atoms with van der Waals surface area (Å²) in [5.74, 6) is -0.265. The number of carbonyl (C=O) groups is 2. The molecule has 0 aliphatic heterocycles. The summed E-state index contributed by atoms with van der Waals surface area (Å²) in [5.41, 5.74) is 3.74. The van der Waals surface area contributed by atoms with Crippen LogP contribution in [0.4, 0.5) is 0 Å². The molecule has 6 heteroatoms. The monoisotopic (exact) mass is 477 g/mol. The number of halogens is 1. The Kier molecular flexibility index (Phi) is 5.83. The number of aromatic amines is 1. The summed E-state index contributed by atoms with van der Waals surface area (Å²) in [4.78, 5) is 28.6. The molecule has 5 aromatic rings. The number of hydrogen-bond donors (Lipinski definition) is 2. The number of aromatic nitrogens is 2. The molecule has 2 N–H and O–H groups in total. The van der Waals surface area contributed by atoms with E-state index >= 15 is 0 Å². The van der Waals surface area contributed by atoms with Crippen LogP contribution >= 0.6 is 15.9 Å². The van der Waals surface area contributed by atoms with E-state index in [-0.39, 0.29) is 5.91 Å². The van der Waals surface area contributed by atoms with Crippen LogP contribution in [0.5, 0.6) is 0 Å². The minimum atomic E-state index is -0.265. The van der Waals surface area contributed by atoms with Crippen LogP contribution in [0.15, 0.2) is 48.7 Å². The van der Waals surface area contributed by atoms with Crippen LogP contribution in [-0.4, -0.2) is 34.1 Å². The molecule has 0 saturated carbocycles. The lowest BCUT2D eigenvalue weighted by Gasteiger charge is -2.14. The van der Waals surface area contributed by atoms with Crippen LogP contribution in [0.3, 0.4) is 0 Å². The average Bonchev–Trinajstić information content (AvgIpc) is 3.42. The smallest absolute Gasteiger partial charge is 0.252 e. The summed E-state index contributed by atoms with van der Waals surface area (Å²) in [6.45, 7) is 4.75. The van der Waals surface area contributed by atoms with Gasteiger partial charge in [0.05, 0.1) is 16.6 Å². The van der Waals surface area contributed by atoms with Gasteiger partial charge in [-0.1, -0.05) is 60.1 Å². The van der Waals surface area contributed by atoms with Crippen LogP contribution in [0.2, 0.25) is 0 Å². The number of fused-ring (bicyclic) bond motifs is 7. The maximum atomic E-state index is 13.0. The Hall–Kier alpha value is -3.12. The molecule has 0 radical (unpaired) electrons.